The van der Waals surface area contributed by atoms with Crippen LogP contribution < -0.4 is 0 Å². The number of aromatic nitrogens is 5. The van der Waals surface area contributed by atoms with Crippen molar-refractivity contribution in [2.24, 2.45) is 0 Å². The van der Waals surface area contributed by atoms with Crippen LogP contribution in [0.5, 0.6) is 0 Å². The number of H-pyrrole nitrogens is 1. The summed E-state index contributed by atoms with van der Waals surface area (Å²) in [6.07, 6.45) is -1.68. The second kappa shape index (κ2) is 4.24. The van der Waals surface area contributed by atoms with E-state index in [0.717, 1.165) is 4.57 Å². The summed E-state index contributed by atoms with van der Waals surface area (Å²) in [5.41, 5.74) is 0.414. The summed E-state index contributed by atoms with van der Waals surface area (Å²) in [4.78, 5) is 0. The smallest absolute Gasteiger partial charge is 0.291 e. The SMILES string of the molecule is FC(F)(F)Cn1c(-c2ccnnc2)n[nH]c1=S. The molecule has 1 N–H and O–H groups in total. The molecule has 0 aliphatic carbocycles. The Morgan fingerprint density at radius 2 is 2.12 bits per heavy atom. The Morgan fingerprint density at radius 3 is 2.71 bits per heavy atom. The minimum absolute atomic E-state index is 0.0854. The first-order valence-electron chi connectivity index (χ1n) is 4.46. The lowest BCUT2D eigenvalue weighted by Crippen LogP contribution is -2.18. The van der Waals surface area contributed by atoms with Crippen LogP contribution in [0.25, 0.3) is 11.4 Å². The van der Waals surface area contributed by atoms with E-state index >= 15 is 0 Å². The molecule has 90 valence electrons. The number of rotatable bonds is 2. The lowest BCUT2D eigenvalue weighted by Gasteiger charge is -2.09. The van der Waals surface area contributed by atoms with E-state index in [4.69, 9.17) is 12.2 Å². The van der Waals surface area contributed by atoms with Crippen LogP contribution in [-0.2, 0) is 6.54 Å². The quantitative estimate of drug-likeness (QED) is 0.839. The van der Waals surface area contributed by atoms with Gasteiger partial charge >= 0.3 is 6.18 Å². The highest BCUT2D eigenvalue weighted by Gasteiger charge is 2.30. The van der Waals surface area contributed by atoms with E-state index in [1.165, 1.54) is 18.5 Å². The van der Waals surface area contributed by atoms with Gasteiger partial charge in [-0.15, -0.1) is 0 Å². The van der Waals surface area contributed by atoms with E-state index < -0.39 is 12.7 Å². The Balaban J connectivity index is 2.47. The highest BCUT2D eigenvalue weighted by atomic mass is 32.1. The Labute approximate surface area is 98.3 Å². The molecule has 0 unspecified atom stereocenters. The van der Waals surface area contributed by atoms with Crippen LogP contribution in [0.1, 0.15) is 0 Å². The van der Waals surface area contributed by atoms with Gasteiger partial charge in [0.1, 0.15) is 6.54 Å². The zero-order valence-electron chi connectivity index (χ0n) is 8.27. The summed E-state index contributed by atoms with van der Waals surface area (Å²) >= 11 is 4.75. The number of nitrogens with one attached hydrogen (secondary N) is 1. The molecule has 5 nitrogen and oxygen atoms in total. The van der Waals surface area contributed by atoms with Crippen LogP contribution >= 0.6 is 12.2 Å². The molecule has 0 saturated carbocycles. The summed E-state index contributed by atoms with van der Waals surface area (Å²) in [6.45, 7) is -1.19. The van der Waals surface area contributed by atoms with E-state index in [1.807, 2.05) is 0 Å². The van der Waals surface area contributed by atoms with Crippen LogP contribution in [-0.4, -0.2) is 31.1 Å². The largest absolute Gasteiger partial charge is 0.406 e. The maximum absolute atomic E-state index is 12.4. The molecule has 2 heterocycles. The van der Waals surface area contributed by atoms with Gasteiger partial charge in [0.05, 0.1) is 12.4 Å². The van der Waals surface area contributed by atoms with Crippen molar-refractivity contribution in [1.82, 2.24) is 25.0 Å². The second-order valence-electron chi connectivity index (χ2n) is 3.18. The van der Waals surface area contributed by atoms with Crippen molar-refractivity contribution >= 4 is 12.2 Å². The maximum Gasteiger partial charge on any atom is 0.406 e. The van der Waals surface area contributed by atoms with Crippen molar-refractivity contribution in [1.29, 1.82) is 0 Å². The van der Waals surface area contributed by atoms with Crippen LogP contribution in [0.2, 0.25) is 0 Å². The van der Waals surface area contributed by atoms with Gasteiger partial charge in [-0.05, 0) is 18.3 Å². The Hall–Kier alpha value is -1.77. The molecule has 0 aromatic carbocycles. The number of aromatic amines is 1. The molecule has 0 bridgehead atoms. The zero-order chi connectivity index (χ0) is 12.5. The van der Waals surface area contributed by atoms with Gasteiger partial charge in [-0.3, -0.25) is 9.67 Å². The zero-order valence-corrected chi connectivity index (χ0v) is 9.09. The maximum atomic E-state index is 12.4. The molecule has 0 aliphatic rings. The molecule has 0 fully saturated rings. The van der Waals surface area contributed by atoms with Crippen molar-refractivity contribution in [2.45, 2.75) is 12.7 Å². The summed E-state index contributed by atoms with van der Waals surface area (Å²) in [5, 5.41) is 13.2. The van der Waals surface area contributed by atoms with Gasteiger partial charge in [-0.2, -0.15) is 28.5 Å². The normalized spacial score (nSPS) is 11.7. The minimum Gasteiger partial charge on any atom is -0.291 e. The standard InChI is InChI=1S/C8H6F3N5S/c9-8(10,11)4-16-6(14-15-7(16)17)5-1-2-12-13-3-5/h1-3H,4H2,(H,15,17). The van der Waals surface area contributed by atoms with Crippen LogP contribution in [0, 0.1) is 4.77 Å². The number of halogens is 3. The monoisotopic (exact) mass is 261 g/mol. The van der Waals surface area contributed by atoms with Gasteiger partial charge in [-0.25, -0.2) is 0 Å². The fourth-order valence-electron chi connectivity index (χ4n) is 1.29. The summed E-state index contributed by atoms with van der Waals surface area (Å²) in [6, 6.07) is 1.50. The van der Waals surface area contributed by atoms with Gasteiger partial charge in [0.2, 0.25) is 0 Å². The third-order valence-electron chi connectivity index (χ3n) is 1.94. The molecule has 0 saturated heterocycles. The number of hydrogen-bond acceptors (Lipinski definition) is 4. The number of hydrogen-bond donors (Lipinski definition) is 1. The predicted octanol–water partition coefficient (Wildman–Crippen LogP) is 1.96. The fourth-order valence-corrected chi connectivity index (χ4v) is 1.48. The van der Waals surface area contributed by atoms with E-state index in [0.29, 0.717) is 5.56 Å². The van der Waals surface area contributed by atoms with E-state index in [2.05, 4.69) is 20.4 Å². The number of nitrogens with zero attached hydrogens (tertiary/aromatic N) is 4. The third-order valence-corrected chi connectivity index (χ3v) is 2.25. The third kappa shape index (κ3) is 2.67. The molecule has 0 aliphatic heterocycles. The van der Waals surface area contributed by atoms with E-state index in [9.17, 15) is 13.2 Å². The molecular formula is C8H6F3N5S. The van der Waals surface area contributed by atoms with E-state index in [-0.39, 0.29) is 10.6 Å². The molecule has 2 aromatic heterocycles. The van der Waals surface area contributed by atoms with Crippen molar-refractivity contribution in [3.63, 3.8) is 0 Å². The Bertz CT molecular complexity index is 559. The van der Waals surface area contributed by atoms with Crippen LogP contribution in [0.15, 0.2) is 18.5 Å². The molecule has 0 radical (unpaired) electrons. The van der Waals surface area contributed by atoms with Gasteiger partial charge in [0.15, 0.2) is 10.6 Å². The van der Waals surface area contributed by atoms with Gasteiger partial charge in [-0.1, -0.05) is 0 Å². The number of alkyl halides is 3. The average molecular weight is 261 g/mol. The molecule has 9 heteroatoms. The van der Waals surface area contributed by atoms with Crippen molar-refractivity contribution < 1.29 is 13.2 Å². The summed E-state index contributed by atoms with van der Waals surface area (Å²) in [7, 11) is 0. The van der Waals surface area contributed by atoms with Gasteiger partial charge < -0.3 is 0 Å². The van der Waals surface area contributed by atoms with Crippen LogP contribution in [0.3, 0.4) is 0 Å². The Morgan fingerprint density at radius 1 is 1.35 bits per heavy atom. The van der Waals surface area contributed by atoms with Gasteiger partial charge in [0, 0.05) is 5.56 Å². The first-order chi connectivity index (χ1) is 7.97. The topological polar surface area (TPSA) is 59.4 Å². The second-order valence-corrected chi connectivity index (χ2v) is 3.57. The summed E-state index contributed by atoms with van der Waals surface area (Å²) < 4.78 is 37.9. The first kappa shape index (κ1) is 11.7. The van der Waals surface area contributed by atoms with Gasteiger partial charge in [0.25, 0.3) is 0 Å². The lowest BCUT2D eigenvalue weighted by molar-refractivity contribution is -0.140. The first-order valence-corrected chi connectivity index (χ1v) is 4.87. The van der Waals surface area contributed by atoms with Crippen molar-refractivity contribution in [3.05, 3.63) is 23.2 Å². The van der Waals surface area contributed by atoms with E-state index in [1.54, 1.807) is 0 Å². The van der Waals surface area contributed by atoms with Crippen molar-refractivity contribution in [3.8, 4) is 11.4 Å². The molecule has 17 heavy (non-hydrogen) atoms. The van der Waals surface area contributed by atoms with Crippen molar-refractivity contribution in [2.75, 3.05) is 0 Å². The van der Waals surface area contributed by atoms with Crippen LogP contribution in [0.4, 0.5) is 13.2 Å². The molecule has 0 amide bonds. The fraction of sp³-hybridized carbons (Fsp3) is 0.250. The highest BCUT2D eigenvalue weighted by molar-refractivity contribution is 7.71. The average Bonchev–Trinajstić information content (AvgIpc) is 2.60. The molecular weight excluding hydrogens is 255 g/mol. The molecule has 2 aromatic rings. The highest BCUT2D eigenvalue weighted by Crippen LogP contribution is 2.22. The minimum atomic E-state index is -4.36. The Kier molecular flexibility index (Phi) is 2.92. The molecule has 0 spiro atoms. The molecule has 2 rings (SSSR count). The lowest BCUT2D eigenvalue weighted by atomic mass is 10.3. The summed E-state index contributed by atoms with van der Waals surface area (Å²) in [5.74, 6) is 0.0854. The predicted molar refractivity (Wildman–Crippen MR) is 54.5 cm³/mol. The molecule has 0 atom stereocenters.